The molecule has 41 heavy (non-hydrogen) atoms. The molecule has 0 saturated carbocycles. The zero-order valence-corrected chi connectivity index (χ0v) is 24.5. The molecule has 7 nitrogen and oxygen atoms in total. The Hall–Kier alpha value is -4.14. The fourth-order valence-electron chi connectivity index (χ4n) is 4.66. The van der Waals surface area contributed by atoms with Gasteiger partial charge in [0, 0.05) is 10.6 Å². The topological polar surface area (TPSA) is 79.1 Å². The molecule has 5 rings (SSSR count). The molecule has 0 saturated heterocycles. The first-order valence-electron chi connectivity index (χ1n) is 13.3. The molecule has 2 heterocycles. The van der Waals surface area contributed by atoms with Crippen molar-refractivity contribution in [3.05, 3.63) is 125 Å². The summed E-state index contributed by atoms with van der Waals surface area (Å²) in [7, 11) is 0. The zero-order chi connectivity index (χ0) is 28.9. The average molecular weight is 589 g/mol. The molecule has 0 aliphatic carbocycles. The number of carbonyl (C=O) groups excluding carboxylic acids is 1. The highest BCUT2D eigenvalue weighted by Crippen LogP contribution is 2.32. The second kappa shape index (κ2) is 12.6. The minimum absolute atomic E-state index is 0.205. The van der Waals surface area contributed by atoms with E-state index in [0.717, 1.165) is 11.1 Å². The predicted molar refractivity (Wildman–Crippen MR) is 160 cm³/mol. The van der Waals surface area contributed by atoms with Gasteiger partial charge in [-0.3, -0.25) is 9.36 Å². The SMILES string of the molecule is CCOC(=O)C1=C(C)N=c2s/c(=C\c3cc(Cl)ccc3OCc3ccccc3)c(=O)n2[C@@H]1c1ccc(OCC)cc1. The van der Waals surface area contributed by atoms with E-state index in [4.69, 9.17) is 25.8 Å². The van der Waals surface area contributed by atoms with E-state index in [1.54, 1.807) is 42.7 Å². The molecule has 3 aromatic carbocycles. The van der Waals surface area contributed by atoms with E-state index in [-0.39, 0.29) is 12.2 Å². The molecule has 1 aliphatic rings. The number of hydrogen-bond donors (Lipinski definition) is 0. The van der Waals surface area contributed by atoms with Crippen molar-refractivity contribution >= 4 is 35.0 Å². The Kier molecular flexibility index (Phi) is 8.71. The van der Waals surface area contributed by atoms with Crippen LogP contribution in [0.5, 0.6) is 11.5 Å². The van der Waals surface area contributed by atoms with Crippen molar-refractivity contribution in [1.82, 2.24) is 4.57 Å². The highest BCUT2D eigenvalue weighted by atomic mass is 35.5. The number of aromatic nitrogens is 1. The number of halogens is 1. The molecule has 0 spiro atoms. The molecular formula is C32H29ClN2O5S. The van der Waals surface area contributed by atoms with Gasteiger partial charge in [0.05, 0.1) is 35.1 Å². The van der Waals surface area contributed by atoms with Crippen LogP contribution in [0.15, 0.2) is 93.9 Å². The number of fused-ring (bicyclic) bond motifs is 1. The first-order valence-corrected chi connectivity index (χ1v) is 14.5. The van der Waals surface area contributed by atoms with E-state index in [1.165, 1.54) is 11.3 Å². The van der Waals surface area contributed by atoms with E-state index >= 15 is 0 Å². The van der Waals surface area contributed by atoms with Crippen LogP contribution in [-0.4, -0.2) is 23.8 Å². The summed E-state index contributed by atoms with van der Waals surface area (Å²) in [6.45, 7) is 6.52. The van der Waals surface area contributed by atoms with Gasteiger partial charge in [-0.15, -0.1) is 0 Å². The number of nitrogens with zero attached hydrogens (tertiary/aromatic N) is 2. The molecule has 1 atom stereocenters. The van der Waals surface area contributed by atoms with Gasteiger partial charge in [0.1, 0.15) is 18.1 Å². The van der Waals surface area contributed by atoms with Gasteiger partial charge >= 0.3 is 5.97 Å². The second-order valence-corrected chi connectivity index (χ2v) is 10.7. The summed E-state index contributed by atoms with van der Waals surface area (Å²) in [5, 5.41) is 0.517. The van der Waals surface area contributed by atoms with Crippen LogP contribution in [0.1, 0.15) is 43.5 Å². The lowest BCUT2D eigenvalue weighted by molar-refractivity contribution is -0.139. The van der Waals surface area contributed by atoms with Crippen molar-refractivity contribution in [3.63, 3.8) is 0 Å². The molecular weight excluding hydrogens is 560 g/mol. The fraction of sp³-hybridized carbons (Fsp3) is 0.219. The van der Waals surface area contributed by atoms with Crippen LogP contribution in [0.3, 0.4) is 0 Å². The molecule has 1 aliphatic heterocycles. The van der Waals surface area contributed by atoms with Crippen molar-refractivity contribution in [3.8, 4) is 11.5 Å². The van der Waals surface area contributed by atoms with E-state index < -0.39 is 12.0 Å². The number of carbonyl (C=O) groups is 1. The number of ether oxygens (including phenoxy) is 3. The van der Waals surface area contributed by atoms with Crippen LogP contribution in [0.2, 0.25) is 5.02 Å². The minimum Gasteiger partial charge on any atom is -0.494 e. The van der Waals surface area contributed by atoms with Gasteiger partial charge < -0.3 is 14.2 Å². The Morgan fingerprint density at radius 1 is 1.02 bits per heavy atom. The van der Waals surface area contributed by atoms with Crippen molar-refractivity contribution in [2.24, 2.45) is 4.99 Å². The van der Waals surface area contributed by atoms with Gasteiger partial charge in [-0.05, 0) is 68.3 Å². The summed E-state index contributed by atoms with van der Waals surface area (Å²) < 4.78 is 19.1. The third-order valence-corrected chi connectivity index (χ3v) is 7.74. The Morgan fingerprint density at radius 3 is 2.49 bits per heavy atom. The first-order chi connectivity index (χ1) is 19.9. The molecule has 1 aromatic heterocycles. The van der Waals surface area contributed by atoms with Crippen molar-refractivity contribution in [2.75, 3.05) is 13.2 Å². The van der Waals surface area contributed by atoms with E-state index in [9.17, 15) is 9.59 Å². The summed E-state index contributed by atoms with van der Waals surface area (Å²) in [4.78, 5) is 32.3. The summed E-state index contributed by atoms with van der Waals surface area (Å²) in [6, 6.07) is 21.8. The van der Waals surface area contributed by atoms with Crippen LogP contribution in [0.25, 0.3) is 6.08 Å². The largest absolute Gasteiger partial charge is 0.494 e. The molecule has 0 N–H and O–H groups in total. The zero-order valence-electron chi connectivity index (χ0n) is 22.9. The van der Waals surface area contributed by atoms with E-state index in [2.05, 4.69) is 4.99 Å². The summed E-state index contributed by atoms with van der Waals surface area (Å²) in [5.74, 6) is 0.787. The maximum absolute atomic E-state index is 14.0. The van der Waals surface area contributed by atoms with Gasteiger partial charge in [-0.2, -0.15) is 0 Å². The van der Waals surface area contributed by atoms with Gasteiger partial charge in [0.15, 0.2) is 4.80 Å². The summed E-state index contributed by atoms with van der Waals surface area (Å²) >= 11 is 7.58. The molecule has 210 valence electrons. The van der Waals surface area contributed by atoms with Crippen molar-refractivity contribution in [1.29, 1.82) is 0 Å². The molecule has 0 fully saturated rings. The third kappa shape index (κ3) is 6.14. The number of thiazole rings is 1. The van der Waals surface area contributed by atoms with E-state index in [0.29, 0.717) is 55.9 Å². The maximum Gasteiger partial charge on any atom is 0.338 e. The van der Waals surface area contributed by atoms with Gasteiger partial charge in [0.25, 0.3) is 5.56 Å². The molecule has 0 unspecified atom stereocenters. The predicted octanol–water partition coefficient (Wildman–Crippen LogP) is 5.43. The Bertz CT molecular complexity index is 1780. The lowest BCUT2D eigenvalue weighted by Crippen LogP contribution is -2.39. The molecule has 0 amide bonds. The summed E-state index contributed by atoms with van der Waals surface area (Å²) in [6.07, 6.45) is 1.76. The Labute approximate surface area is 246 Å². The molecule has 4 aromatic rings. The number of esters is 1. The lowest BCUT2D eigenvalue weighted by Gasteiger charge is -2.24. The Morgan fingerprint density at radius 2 is 1.78 bits per heavy atom. The molecule has 0 radical (unpaired) electrons. The van der Waals surface area contributed by atoms with Crippen LogP contribution in [0, 0.1) is 0 Å². The lowest BCUT2D eigenvalue weighted by atomic mass is 9.96. The van der Waals surface area contributed by atoms with Gasteiger partial charge in [0.2, 0.25) is 0 Å². The van der Waals surface area contributed by atoms with Gasteiger partial charge in [-0.1, -0.05) is 65.4 Å². The highest BCUT2D eigenvalue weighted by molar-refractivity contribution is 7.07. The smallest absolute Gasteiger partial charge is 0.338 e. The Balaban J connectivity index is 1.61. The highest BCUT2D eigenvalue weighted by Gasteiger charge is 2.33. The maximum atomic E-state index is 14.0. The fourth-order valence-corrected chi connectivity index (χ4v) is 5.88. The number of rotatable bonds is 9. The second-order valence-electron chi connectivity index (χ2n) is 9.26. The standard InChI is InChI=1S/C32H29ClN2O5S/c1-4-38-25-14-11-22(12-15-25)29-28(31(37)39-5-2)20(3)34-32-35(29)30(36)27(41-32)18-23-17-24(33)13-16-26(23)40-19-21-9-7-6-8-10-21/h6-18,29H,4-5,19H2,1-3H3/b27-18-/t29-/m1/s1. The molecule has 0 bridgehead atoms. The number of benzene rings is 3. The molecule has 9 heteroatoms. The van der Waals surface area contributed by atoms with Gasteiger partial charge in [-0.25, -0.2) is 9.79 Å². The van der Waals surface area contributed by atoms with Crippen LogP contribution < -0.4 is 24.4 Å². The van der Waals surface area contributed by atoms with Crippen LogP contribution in [-0.2, 0) is 16.1 Å². The monoisotopic (exact) mass is 588 g/mol. The first kappa shape index (κ1) is 28.4. The van der Waals surface area contributed by atoms with Crippen LogP contribution >= 0.6 is 22.9 Å². The average Bonchev–Trinajstić information content (AvgIpc) is 3.27. The minimum atomic E-state index is -0.712. The number of hydrogen-bond acceptors (Lipinski definition) is 7. The normalized spacial score (nSPS) is 14.8. The summed E-state index contributed by atoms with van der Waals surface area (Å²) in [5.41, 5.74) is 2.97. The van der Waals surface area contributed by atoms with Crippen molar-refractivity contribution < 1.29 is 19.0 Å². The quantitative estimate of drug-likeness (QED) is 0.244. The van der Waals surface area contributed by atoms with Crippen molar-refractivity contribution in [2.45, 2.75) is 33.4 Å². The van der Waals surface area contributed by atoms with E-state index in [1.807, 2.05) is 61.5 Å². The van der Waals surface area contributed by atoms with Crippen LogP contribution in [0.4, 0.5) is 0 Å². The third-order valence-electron chi connectivity index (χ3n) is 6.52. The number of allylic oxidation sites excluding steroid dienone is 1.